The highest BCUT2D eigenvalue weighted by molar-refractivity contribution is 7.98. The Morgan fingerprint density at radius 3 is 2.89 bits per heavy atom. The molecule has 5 heteroatoms. The van der Waals surface area contributed by atoms with Crippen molar-refractivity contribution in [3.63, 3.8) is 0 Å². The number of nitrogens with two attached hydrogens (primary N) is 1. The van der Waals surface area contributed by atoms with Gasteiger partial charge in [0.1, 0.15) is 0 Å². The monoisotopic (exact) mass is 256 g/mol. The van der Waals surface area contributed by atoms with E-state index < -0.39 is 0 Å². The van der Waals surface area contributed by atoms with Crippen LogP contribution >= 0.6 is 11.8 Å². The number of anilines is 1. The van der Waals surface area contributed by atoms with E-state index in [-0.39, 0.29) is 0 Å². The van der Waals surface area contributed by atoms with E-state index in [1.807, 2.05) is 36.4 Å². The van der Waals surface area contributed by atoms with Crippen molar-refractivity contribution in [1.82, 2.24) is 15.0 Å². The molecule has 4 nitrogen and oxygen atoms in total. The summed E-state index contributed by atoms with van der Waals surface area (Å²) in [6.45, 7) is 0. The minimum Gasteiger partial charge on any atom is -0.398 e. The maximum absolute atomic E-state index is 5.90. The van der Waals surface area contributed by atoms with Crippen LogP contribution in [0.25, 0.3) is 11.2 Å². The summed E-state index contributed by atoms with van der Waals surface area (Å²) in [6.07, 6.45) is 1.74. The first kappa shape index (κ1) is 11.1. The van der Waals surface area contributed by atoms with Gasteiger partial charge in [0.25, 0.3) is 0 Å². The van der Waals surface area contributed by atoms with Gasteiger partial charge in [0.2, 0.25) is 0 Å². The standard InChI is InChI=1S/C13H12N4S/c14-10-5-2-1-4-9(10)8-18-13-16-11-6-3-7-15-12(11)17-13/h1-7H,8,14H2,(H,15,16,17). The smallest absolute Gasteiger partial charge is 0.178 e. The van der Waals surface area contributed by atoms with Gasteiger partial charge in [-0.05, 0) is 23.8 Å². The number of imidazole rings is 1. The zero-order valence-electron chi connectivity index (χ0n) is 9.63. The topological polar surface area (TPSA) is 67.6 Å². The summed E-state index contributed by atoms with van der Waals surface area (Å²) in [6, 6.07) is 11.7. The molecule has 3 rings (SSSR count). The molecule has 0 spiro atoms. The van der Waals surface area contributed by atoms with E-state index in [2.05, 4.69) is 15.0 Å². The third kappa shape index (κ3) is 2.17. The van der Waals surface area contributed by atoms with Gasteiger partial charge in [0.15, 0.2) is 10.8 Å². The molecule has 0 aliphatic carbocycles. The molecule has 0 radical (unpaired) electrons. The quantitative estimate of drug-likeness (QED) is 0.558. The molecular formula is C13H12N4S. The molecular weight excluding hydrogens is 244 g/mol. The summed E-state index contributed by atoms with van der Waals surface area (Å²) in [5.41, 5.74) is 9.55. The Hall–Kier alpha value is -2.01. The molecule has 0 saturated heterocycles. The van der Waals surface area contributed by atoms with Gasteiger partial charge in [0, 0.05) is 17.6 Å². The largest absolute Gasteiger partial charge is 0.398 e. The number of rotatable bonds is 3. The molecule has 2 heterocycles. The predicted molar refractivity (Wildman–Crippen MR) is 74.3 cm³/mol. The number of nitrogen functional groups attached to an aromatic ring is 1. The van der Waals surface area contributed by atoms with Crippen LogP contribution in [0.2, 0.25) is 0 Å². The number of H-pyrrole nitrogens is 1. The van der Waals surface area contributed by atoms with Gasteiger partial charge in [-0.15, -0.1) is 0 Å². The van der Waals surface area contributed by atoms with Crippen LogP contribution in [0.1, 0.15) is 5.56 Å². The average Bonchev–Trinajstić information content (AvgIpc) is 2.80. The number of nitrogens with one attached hydrogen (secondary N) is 1. The number of aromatic nitrogens is 3. The van der Waals surface area contributed by atoms with E-state index >= 15 is 0 Å². The Kier molecular flexibility index (Phi) is 2.90. The Bertz CT molecular complexity index is 644. The van der Waals surface area contributed by atoms with Gasteiger partial charge in [-0.3, -0.25) is 0 Å². The lowest BCUT2D eigenvalue weighted by Crippen LogP contribution is -1.91. The van der Waals surface area contributed by atoms with Crippen LogP contribution in [-0.2, 0) is 5.75 Å². The van der Waals surface area contributed by atoms with E-state index in [0.717, 1.165) is 33.3 Å². The summed E-state index contributed by atoms with van der Waals surface area (Å²) >= 11 is 1.63. The van der Waals surface area contributed by atoms with Crippen molar-refractivity contribution in [2.75, 3.05) is 5.73 Å². The van der Waals surface area contributed by atoms with Gasteiger partial charge >= 0.3 is 0 Å². The van der Waals surface area contributed by atoms with Crippen LogP contribution in [0.5, 0.6) is 0 Å². The molecule has 3 aromatic rings. The van der Waals surface area contributed by atoms with Crippen molar-refractivity contribution < 1.29 is 0 Å². The maximum Gasteiger partial charge on any atom is 0.178 e. The van der Waals surface area contributed by atoms with Crippen molar-refractivity contribution in [3.05, 3.63) is 48.2 Å². The fourth-order valence-electron chi connectivity index (χ4n) is 1.70. The summed E-state index contributed by atoms with van der Waals surface area (Å²) in [4.78, 5) is 11.8. The molecule has 1 aromatic carbocycles. The second-order valence-electron chi connectivity index (χ2n) is 3.90. The highest BCUT2D eigenvalue weighted by atomic mass is 32.2. The second kappa shape index (κ2) is 4.70. The van der Waals surface area contributed by atoms with Gasteiger partial charge in [-0.2, -0.15) is 0 Å². The first-order valence-corrected chi connectivity index (χ1v) is 6.58. The van der Waals surface area contributed by atoms with Crippen LogP contribution in [0.4, 0.5) is 5.69 Å². The number of hydrogen-bond donors (Lipinski definition) is 2. The van der Waals surface area contributed by atoms with Crippen molar-refractivity contribution in [2.45, 2.75) is 10.9 Å². The molecule has 0 bridgehead atoms. The molecule has 0 aliphatic heterocycles. The van der Waals surface area contributed by atoms with E-state index in [1.54, 1.807) is 18.0 Å². The van der Waals surface area contributed by atoms with Crippen LogP contribution in [0, 0.1) is 0 Å². The van der Waals surface area contributed by atoms with E-state index in [9.17, 15) is 0 Å². The number of para-hydroxylation sites is 1. The van der Waals surface area contributed by atoms with Crippen LogP contribution < -0.4 is 5.73 Å². The number of pyridine rings is 1. The second-order valence-corrected chi connectivity index (χ2v) is 4.87. The lowest BCUT2D eigenvalue weighted by molar-refractivity contribution is 1.07. The first-order chi connectivity index (χ1) is 8.83. The summed E-state index contributed by atoms with van der Waals surface area (Å²) in [7, 11) is 0. The molecule has 0 aliphatic rings. The molecule has 0 atom stereocenters. The van der Waals surface area contributed by atoms with E-state index in [1.165, 1.54) is 0 Å². The van der Waals surface area contributed by atoms with Gasteiger partial charge in [0.05, 0.1) is 5.52 Å². The molecule has 0 unspecified atom stereocenters. The lowest BCUT2D eigenvalue weighted by atomic mass is 10.2. The van der Waals surface area contributed by atoms with Crippen molar-refractivity contribution in [3.8, 4) is 0 Å². The van der Waals surface area contributed by atoms with Gasteiger partial charge < -0.3 is 10.7 Å². The van der Waals surface area contributed by atoms with Crippen molar-refractivity contribution >= 4 is 28.6 Å². The third-order valence-electron chi connectivity index (χ3n) is 2.66. The van der Waals surface area contributed by atoms with Crippen molar-refractivity contribution in [1.29, 1.82) is 0 Å². The number of thioether (sulfide) groups is 1. The molecule has 3 N–H and O–H groups in total. The molecule has 0 saturated carbocycles. The van der Waals surface area contributed by atoms with Crippen LogP contribution in [0.3, 0.4) is 0 Å². The first-order valence-electron chi connectivity index (χ1n) is 5.60. The Balaban J connectivity index is 1.79. The molecule has 0 fully saturated rings. The summed E-state index contributed by atoms with van der Waals surface area (Å²) < 4.78 is 0. The number of aromatic amines is 1. The normalized spacial score (nSPS) is 10.9. The van der Waals surface area contributed by atoms with Gasteiger partial charge in [-0.25, -0.2) is 9.97 Å². The average molecular weight is 256 g/mol. The summed E-state index contributed by atoms with van der Waals surface area (Å²) in [5, 5.41) is 0.868. The Morgan fingerprint density at radius 1 is 1.17 bits per heavy atom. The minimum absolute atomic E-state index is 0.751. The number of benzene rings is 1. The number of nitrogens with zero attached hydrogens (tertiary/aromatic N) is 2. The predicted octanol–water partition coefficient (Wildman–Crippen LogP) is 2.83. The maximum atomic E-state index is 5.90. The molecule has 18 heavy (non-hydrogen) atoms. The zero-order chi connectivity index (χ0) is 12.4. The molecule has 2 aromatic heterocycles. The van der Waals surface area contributed by atoms with E-state index in [4.69, 9.17) is 5.73 Å². The highest BCUT2D eigenvalue weighted by Crippen LogP contribution is 2.24. The highest BCUT2D eigenvalue weighted by Gasteiger charge is 2.05. The number of fused-ring (bicyclic) bond motifs is 1. The zero-order valence-corrected chi connectivity index (χ0v) is 10.4. The Labute approximate surface area is 109 Å². The van der Waals surface area contributed by atoms with Crippen LogP contribution in [-0.4, -0.2) is 15.0 Å². The van der Waals surface area contributed by atoms with E-state index in [0.29, 0.717) is 0 Å². The van der Waals surface area contributed by atoms with Crippen molar-refractivity contribution in [2.24, 2.45) is 0 Å². The SMILES string of the molecule is Nc1ccccc1CSc1nc2ncccc2[nH]1. The van der Waals surface area contributed by atoms with Crippen LogP contribution in [0.15, 0.2) is 47.8 Å². The molecule has 90 valence electrons. The molecule has 0 amide bonds. The lowest BCUT2D eigenvalue weighted by Gasteiger charge is -2.02. The van der Waals surface area contributed by atoms with Gasteiger partial charge in [-0.1, -0.05) is 30.0 Å². The fraction of sp³-hybridized carbons (Fsp3) is 0.0769. The Morgan fingerprint density at radius 2 is 2.06 bits per heavy atom. The number of hydrogen-bond acceptors (Lipinski definition) is 4. The minimum atomic E-state index is 0.751. The fourth-order valence-corrected chi connectivity index (χ4v) is 2.59. The third-order valence-corrected chi connectivity index (χ3v) is 3.58. The summed E-state index contributed by atoms with van der Waals surface area (Å²) in [5.74, 6) is 0.798.